The Kier molecular flexibility index (Phi) is 3.66. The highest BCUT2D eigenvalue weighted by molar-refractivity contribution is 5.37. The largest absolute Gasteiger partial charge is 0.497 e. The highest BCUT2D eigenvalue weighted by Gasteiger charge is 1.99. The predicted octanol–water partition coefficient (Wildman–Crippen LogP) is 4.05. The standard InChI is InChI=1S/C15H16O2/c1-3-12-7-9-13(10-8-12)17-15-6-4-5-14(11-15)16-2/h4-11H,3H2,1-2H3. The Morgan fingerprint density at radius 3 is 2.24 bits per heavy atom. The van der Waals surface area contributed by atoms with E-state index in [1.165, 1.54) is 5.56 Å². The van der Waals surface area contributed by atoms with E-state index in [0.29, 0.717) is 0 Å². The number of benzene rings is 2. The van der Waals surface area contributed by atoms with E-state index in [1.54, 1.807) is 7.11 Å². The van der Waals surface area contributed by atoms with Crippen molar-refractivity contribution in [2.24, 2.45) is 0 Å². The summed E-state index contributed by atoms with van der Waals surface area (Å²) in [5, 5.41) is 0. The molecule has 0 atom stereocenters. The van der Waals surface area contributed by atoms with Gasteiger partial charge in [-0.3, -0.25) is 0 Å². The third-order valence-electron chi connectivity index (χ3n) is 2.61. The van der Waals surface area contributed by atoms with Gasteiger partial charge in [0, 0.05) is 6.07 Å². The maximum atomic E-state index is 5.74. The summed E-state index contributed by atoms with van der Waals surface area (Å²) in [5.41, 5.74) is 1.31. The summed E-state index contributed by atoms with van der Waals surface area (Å²) in [6, 6.07) is 15.7. The number of methoxy groups -OCH3 is 1. The molecule has 0 amide bonds. The first-order chi connectivity index (χ1) is 8.31. The first-order valence-electron chi connectivity index (χ1n) is 5.72. The molecule has 0 unspecified atom stereocenters. The summed E-state index contributed by atoms with van der Waals surface area (Å²) in [4.78, 5) is 0. The van der Waals surface area contributed by atoms with Crippen LogP contribution in [-0.4, -0.2) is 7.11 Å². The molecule has 0 saturated heterocycles. The van der Waals surface area contributed by atoms with E-state index in [2.05, 4.69) is 19.1 Å². The number of aryl methyl sites for hydroxylation is 1. The minimum absolute atomic E-state index is 0.786. The van der Waals surface area contributed by atoms with Crippen LogP contribution in [-0.2, 0) is 6.42 Å². The van der Waals surface area contributed by atoms with Crippen LogP contribution in [0.4, 0.5) is 0 Å². The Morgan fingerprint density at radius 1 is 0.882 bits per heavy atom. The Balaban J connectivity index is 2.13. The lowest BCUT2D eigenvalue weighted by molar-refractivity contribution is 0.409. The Morgan fingerprint density at radius 2 is 1.59 bits per heavy atom. The molecule has 2 aromatic carbocycles. The molecule has 0 spiro atoms. The molecule has 2 rings (SSSR count). The Hall–Kier alpha value is -1.96. The minimum atomic E-state index is 0.786. The molecule has 0 aliphatic heterocycles. The number of rotatable bonds is 4. The molecule has 88 valence electrons. The first-order valence-corrected chi connectivity index (χ1v) is 5.72. The number of hydrogen-bond donors (Lipinski definition) is 0. The maximum Gasteiger partial charge on any atom is 0.131 e. The van der Waals surface area contributed by atoms with Gasteiger partial charge in [-0.05, 0) is 36.2 Å². The van der Waals surface area contributed by atoms with E-state index in [1.807, 2.05) is 36.4 Å². The van der Waals surface area contributed by atoms with Crippen LogP contribution in [0.2, 0.25) is 0 Å². The third-order valence-corrected chi connectivity index (χ3v) is 2.61. The normalized spacial score (nSPS) is 10.0. The van der Waals surface area contributed by atoms with Crippen molar-refractivity contribution in [3.63, 3.8) is 0 Å². The SMILES string of the molecule is CCc1ccc(Oc2cccc(OC)c2)cc1. The fraction of sp³-hybridized carbons (Fsp3) is 0.200. The van der Waals surface area contributed by atoms with Crippen LogP contribution in [0.1, 0.15) is 12.5 Å². The molecule has 0 heterocycles. The van der Waals surface area contributed by atoms with Crippen LogP contribution in [0.15, 0.2) is 48.5 Å². The average Bonchev–Trinajstić information content (AvgIpc) is 2.40. The zero-order chi connectivity index (χ0) is 12.1. The molecule has 0 fully saturated rings. The highest BCUT2D eigenvalue weighted by Crippen LogP contribution is 2.25. The number of ether oxygens (including phenoxy) is 2. The van der Waals surface area contributed by atoms with Crippen LogP contribution >= 0.6 is 0 Å². The first kappa shape index (κ1) is 11.5. The molecule has 0 bridgehead atoms. The summed E-state index contributed by atoms with van der Waals surface area (Å²) < 4.78 is 10.9. The van der Waals surface area contributed by atoms with Gasteiger partial charge in [0.15, 0.2) is 0 Å². The predicted molar refractivity (Wildman–Crippen MR) is 68.9 cm³/mol. The minimum Gasteiger partial charge on any atom is -0.497 e. The quantitative estimate of drug-likeness (QED) is 0.786. The van der Waals surface area contributed by atoms with Crippen LogP contribution in [0, 0.1) is 0 Å². The van der Waals surface area contributed by atoms with Gasteiger partial charge in [-0.2, -0.15) is 0 Å². The van der Waals surface area contributed by atoms with Crippen LogP contribution in [0.3, 0.4) is 0 Å². The molecule has 0 radical (unpaired) electrons. The van der Waals surface area contributed by atoms with Gasteiger partial charge in [0.1, 0.15) is 17.2 Å². The highest BCUT2D eigenvalue weighted by atomic mass is 16.5. The van der Waals surface area contributed by atoms with E-state index >= 15 is 0 Å². The molecule has 0 N–H and O–H groups in total. The summed E-state index contributed by atoms with van der Waals surface area (Å²) in [7, 11) is 1.65. The average molecular weight is 228 g/mol. The van der Waals surface area contributed by atoms with Gasteiger partial charge in [0.25, 0.3) is 0 Å². The van der Waals surface area contributed by atoms with Crippen LogP contribution in [0.25, 0.3) is 0 Å². The van der Waals surface area contributed by atoms with Gasteiger partial charge in [-0.15, -0.1) is 0 Å². The van der Waals surface area contributed by atoms with E-state index in [-0.39, 0.29) is 0 Å². The van der Waals surface area contributed by atoms with Crippen molar-refractivity contribution in [2.45, 2.75) is 13.3 Å². The van der Waals surface area contributed by atoms with Crippen molar-refractivity contribution in [2.75, 3.05) is 7.11 Å². The van der Waals surface area contributed by atoms with E-state index in [4.69, 9.17) is 9.47 Å². The maximum absolute atomic E-state index is 5.74. The second-order valence-electron chi connectivity index (χ2n) is 3.78. The summed E-state index contributed by atoms with van der Waals surface area (Å²) in [6.45, 7) is 2.14. The van der Waals surface area contributed by atoms with Gasteiger partial charge in [0.05, 0.1) is 7.11 Å². The fourth-order valence-corrected chi connectivity index (χ4v) is 1.59. The monoisotopic (exact) mass is 228 g/mol. The zero-order valence-corrected chi connectivity index (χ0v) is 10.1. The molecule has 0 aliphatic rings. The van der Waals surface area contributed by atoms with Crippen molar-refractivity contribution in [1.29, 1.82) is 0 Å². The molecule has 0 aliphatic carbocycles. The van der Waals surface area contributed by atoms with Crippen molar-refractivity contribution in [1.82, 2.24) is 0 Å². The second kappa shape index (κ2) is 5.39. The lowest BCUT2D eigenvalue weighted by Crippen LogP contribution is -1.87. The van der Waals surface area contributed by atoms with Gasteiger partial charge in [-0.25, -0.2) is 0 Å². The molecule has 0 aromatic heterocycles. The van der Waals surface area contributed by atoms with Crippen molar-refractivity contribution in [3.8, 4) is 17.2 Å². The lowest BCUT2D eigenvalue weighted by atomic mass is 10.2. The Labute approximate surface area is 102 Å². The van der Waals surface area contributed by atoms with E-state index in [9.17, 15) is 0 Å². The molecule has 2 nitrogen and oxygen atoms in total. The lowest BCUT2D eigenvalue weighted by Gasteiger charge is -2.07. The van der Waals surface area contributed by atoms with Gasteiger partial charge in [0.2, 0.25) is 0 Å². The summed E-state index contributed by atoms with van der Waals surface area (Å²) in [5.74, 6) is 2.43. The molecule has 17 heavy (non-hydrogen) atoms. The fourth-order valence-electron chi connectivity index (χ4n) is 1.59. The summed E-state index contributed by atoms with van der Waals surface area (Å²) in [6.07, 6.45) is 1.04. The molecule has 0 saturated carbocycles. The van der Waals surface area contributed by atoms with Gasteiger partial charge < -0.3 is 9.47 Å². The third kappa shape index (κ3) is 3.00. The van der Waals surface area contributed by atoms with E-state index in [0.717, 1.165) is 23.7 Å². The molecule has 2 aromatic rings. The topological polar surface area (TPSA) is 18.5 Å². The van der Waals surface area contributed by atoms with Crippen molar-refractivity contribution in [3.05, 3.63) is 54.1 Å². The smallest absolute Gasteiger partial charge is 0.131 e. The molecule has 2 heteroatoms. The van der Waals surface area contributed by atoms with Crippen molar-refractivity contribution >= 4 is 0 Å². The van der Waals surface area contributed by atoms with Crippen molar-refractivity contribution < 1.29 is 9.47 Å². The second-order valence-corrected chi connectivity index (χ2v) is 3.78. The van der Waals surface area contributed by atoms with Gasteiger partial charge in [-0.1, -0.05) is 25.1 Å². The van der Waals surface area contributed by atoms with Crippen LogP contribution < -0.4 is 9.47 Å². The molecular formula is C15H16O2. The van der Waals surface area contributed by atoms with E-state index < -0.39 is 0 Å². The van der Waals surface area contributed by atoms with Gasteiger partial charge >= 0.3 is 0 Å². The molecular weight excluding hydrogens is 212 g/mol. The summed E-state index contributed by atoms with van der Waals surface area (Å²) >= 11 is 0. The Bertz CT molecular complexity index is 475. The number of hydrogen-bond acceptors (Lipinski definition) is 2. The van der Waals surface area contributed by atoms with Crippen LogP contribution in [0.5, 0.6) is 17.2 Å². The zero-order valence-electron chi connectivity index (χ0n) is 10.1.